The minimum atomic E-state index is -0.105. The van der Waals surface area contributed by atoms with E-state index in [1.807, 2.05) is 13.0 Å². The molecule has 0 aromatic carbocycles. The fraction of sp³-hybridized carbons (Fsp3) is 0.444. The molecule has 1 aliphatic rings. The molecule has 0 atom stereocenters. The lowest BCUT2D eigenvalue weighted by atomic mass is 10.2. The standard InChI is InChI=1S/C18H22ClN5O2/c1-2-23(17(26)7-9-21-16(25)10-13-5-6-13)15-12-24(22-18(15)19)14-4-3-8-20-11-14/h3-4,8,11-13H,2,5-7,9-10H2,1H3,(H,21,25). The minimum absolute atomic E-state index is 0.0192. The Kier molecular flexibility index (Phi) is 5.88. The maximum absolute atomic E-state index is 12.6. The van der Waals surface area contributed by atoms with Crippen molar-refractivity contribution < 1.29 is 9.59 Å². The maximum atomic E-state index is 12.6. The average molecular weight is 376 g/mol. The van der Waals surface area contributed by atoms with Crippen LogP contribution in [0.3, 0.4) is 0 Å². The summed E-state index contributed by atoms with van der Waals surface area (Å²) in [6, 6.07) is 3.66. The normalized spacial score (nSPS) is 13.5. The molecule has 1 saturated carbocycles. The van der Waals surface area contributed by atoms with E-state index in [0.29, 0.717) is 31.1 Å². The Morgan fingerprint density at radius 1 is 1.42 bits per heavy atom. The number of rotatable bonds is 8. The van der Waals surface area contributed by atoms with E-state index in [2.05, 4.69) is 15.4 Å². The molecule has 0 aliphatic heterocycles. The van der Waals surface area contributed by atoms with Gasteiger partial charge in [-0.05, 0) is 37.8 Å². The number of carbonyl (C=O) groups excluding carboxylic acids is 2. The molecule has 2 aromatic heterocycles. The lowest BCUT2D eigenvalue weighted by Crippen LogP contribution is -2.34. The third kappa shape index (κ3) is 4.60. The van der Waals surface area contributed by atoms with Gasteiger partial charge in [-0.3, -0.25) is 14.6 Å². The van der Waals surface area contributed by atoms with Gasteiger partial charge in [0.15, 0.2) is 5.15 Å². The summed E-state index contributed by atoms with van der Waals surface area (Å²) < 4.78 is 1.60. The number of anilines is 1. The monoisotopic (exact) mass is 375 g/mol. The van der Waals surface area contributed by atoms with Crippen LogP contribution in [-0.2, 0) is 9.59 Å². The summed E-state index contributed by atoms with van der Waals surface area (Å²) in [6.07, 6.45) is 8.11. The van der Waals surface area contributed by atoms with Gasteiger partial charge in [0.25, 0.3) is 0 Å². The van der Waals surface area contributed by atoms with E-state index in [-0.39, 0.29) is 23.4 Å². The van der Waals surface area contributed by atoms with Gasteiger partial charge < -0.3 is 10.2 Å². The zero-order valence-corrected chi connectivity index (χ0v) is 15.4. The highest BCUT2D eigenvalue weighted by Gasteiger charge is 2.24. The van der Waals surface area contributed by atoms with Gasteiger partial charge >= 0.3 is 0 Å². The van der Waals surface area contributed by atoms with Gasteiger partial charge in [-0.2, -0.15) is 5.10 Å². The predicted molar refractivity (Wildman–Crippen MR) is 99.4 cm³/mol. The average Bonchev–Trinajstić information content (AvgIpc) is 3.37. The van der Waals surface area contributed by atoms with E-state index in [1.165, 1.54) is 0 Å². The van der Waals surface area contributed by atoms with Crippen LogP contribution in [0.5, 0.6) is 0 Å². The number of halogens is 1. The van der Waals surface area contributed by atoms with Crippen LogP contribution in [0.15, 0.2) is 30.7 Å². The molecule has 0 spiro atoms. The molecular weight excluding hydrogens is 354 g/mol. The van der Waals surface area contributed by atoms with Gasteiger partial charge in [0, 0.05) is 32.1 Å². The van der Waals surface area contributed by atoms with Crippen LogP contribution in [0, 0.1) is 5.92 Å². The second kappa shape index (κ2) is 8.31. The van der Waals surface area contributed by atoms with Crippen LogP contribution in [0.25, 0.3) is 5.69 Å². The van der Waals surface area contributed by atoms with E-state index in [0.717, 1.165) is 18.5 Å². The van der Waals surface area contributed by atoms with Gasteiger partial charge in [-0.15, -0.1) is 0 Å². The molecule has 0 bridgehead atoms. The van der Waals surface area contributed by atoms with Crippen molar-refractivity contribution in [2.45, 2.75) is 32.6 Å². The van der Waals surface area contributed by atoms with Crippen molar-refractivity contribution in [1.29, 1.82) is 0 Å². The van der Waals surface area contributed by atoms with Crippen LogP contribution >= 0.6 is 11.6 Å². The zero-order chi connectivity index (χ0) is 18.5. The molecular formula is C18H22ClN5O2. The van der Waals surface area contributed by atoms with Gasteiger partial charge in [-0.25, -0.2) is 4.68 Å². The van der Waals surface area contributed by atoms with E-state index < -0.39 is 0 Å². The minimum Gasteiger partial charge on any atom is -0.356 e. The highest BCUT2D eigenvalue weighted by molar-refractivity contribution is 6.32. The van der Waals surface area contributed by atoms with Crippen molar-refractivity contribution in [2.75, 3.05) is 18.0 Å². The number of amides is 2. The summed E-state index contributed by atoms with van der Waals surface area (Å²) in [4.78, 5) is 29.9. The molecule has 0 radical (unpaired) electrons. The van der Waals surface area contributed by atoms with Gasteiger partial charge in [0.2, 0.25) is 11.8 Å². The number of nitrogens with zero attached hydrogens (tertiary/aromatic N) is 4. The Balaban J connectivity index is 1.61. The Morgan fingerprint density at radius 3 is 2.88 bits per heavy atom. The van der Waals surface area contributed by atoms with Crippen molar-refractivity contribution in [3.05, 3.63) is 35.9 Å². The summed E-state index contributed by atoms with van der Waals surface area (Å²) in [6.45, 7) is 2.67. The largest absolute Gasteiger partial charge is 0.356 e. The smallest absolute Gasteiger partial charge is 0.228 e. The molecule has 2 amide bonds. The first-order valence-corrected chi connectivity index (χ1v) is 9.19. The fourth-order valence-electron chi connectivity index (χ4n) is 2.73. The molecule has 138 valence electrons. The van der Waals surface area contributed by atoms with Gasteiger partial charge in [-0.1, -0.05) is 11.6 Å². The summed E-state index contributed by atoms with van der Waals surface area (Å²) in [5, 5.41) is 7.32. The van der Waals surface area contributed by atoms with Crippen molar-refractivity contribution in [2.24, 2.45) is 5.92 Å². The maximum Gasteiger partial charge on any atom is 0.228 e. The lowest BCUT2D eigenvalue weighted by molar-refractivity contribution is -0.121. The van der Waals surface area contributed by atoms with Gasteiger partial charge in [0.05, 0.1) is 18.1 Å². The summed E-state index contributed by atoms with van der Waals surface area (Å²) in [5.41, 5.74) is 1.31. The Morgan fingerprint density at radius 2 is 2.23 bits per heavy atom. The van der Waals surface area contributed by atoms with Crippen LogP contribution in [0.1, 0.15) is 32.6 Å². The number of hydrogen-bond donors (Lipinski definition) is 1. The molecule has 0 saturated heterocycles. The van der Waals surface area contributed by atoms with Crippen molar-refractivity contribution in [3.8, 4) is 5.69 Å². The number of carbonyl (C=O) groups is 2. The third-order valence-corrected chi connectivity index (χ3v) is 4.57. The summed E-state index contributed by atoms with van der Waals surface area (Å²) in [7, 11) is 0. The number of nitrogens with one attached hydrogen (secondary N) is 1. The SMILES string of the molecule is CCN(C(=O)CCNC(=O)CC1CC1)c1cn(-c2cccnc2)nc1Cl. The molecule has 1 N–H and O–H groups in total. The Labute approximate surface area is 157 Å². The van der Waals surface area contributed by atoms with Crippen LogP contribution in [-0.4, -0.2) is 39.7 Å². The van der Waals surface area contributed by atoms with Gasteiger partial charge in [0.1, 0.15) is 5.69 Å². The zero-order valence-electron chi connectivity index (χ0n) is 14.7. The van der Waals surface area contributed by atoms with E-state index >= 15 is 0 Å². The number of aromatic nitrogens is 3. The molecule has 1 fully saturated rings. The molecule has 1 aliphatic carbocycles. The lowest BCUT2D eigenvalue weighted by Gasteiger charge is -2.19. The van der Waals surface area contributed by atoms with Crippen molar-refractivity contribution in [1.82, 2.24) is 20.1 Å². The Bertz CT molecular complexity index is 773. The topological polar surface area (TPSA) is 80.1 Å². The number of hydrogen-bond acceptors (Lipinski definition) is 4. The first-order chi connectivity index (χ1) is 12.6. The third-order valence-electron chi connectivity index (χ3n) is 4.30. The highest BCUT2D eigenvalue weighted by atomic mass is 35.5. The second-order valence-corrected chi connectivity index (χ2v) is 6.70. The summed E-state index contributed by atoms with van der Waals surface area (Å²) >= 11 is 6.25. The van der Waals surface area contributed by atoms with Crippen molar-refractivity contribution in [3.63, 3.8) is 0 Å². The predicted octanol–water partition coefficient (Wildman–Crippen LogP) is 2.58. The molecule has 8 heteroatoms. The molecule has 7 nitrogen and oxygen atoms in total. The molecule has 26 heavy (non-hydrogen) atoms. The van der Waals surface area contributed by atoms with Crippen LogP contribution in [0.4, 0.5) is 5.69 Å². The Hall–Kier alpha value is -2.41. The molecule has 2 aromatic rings. The molecule has 3 rings (SSSR count). The summed E-state index contributed by atoms with van der Waals surface area (Å²) in [5.74, 6) is 0.451. The quantitative estimate of drug-likeness (QED) is 0.769. The van der Waals surface area contributed by atoms with Crippen molar-refractivity contribution >= 4 is 29.1 Å². The highest BCUT2D eigenvalue weighted by Crippen LogP contribution is 2.32. The number of pyridine rings is 1. The van der Waals surface area contributed by atoms with E-state index in [9.17, 15) is 9.59 Å². The van der Waals surface area contributed by atoms with Crippen LogP contribution in [0.2, 0.25) is 5.15 Å². The first kappa shape index (κ1) is 18.4. The van der Waals surface area contributed by atoms with E-state index in [4.69, 9.17) is 11.6 Å². The second-order valence-electron chi connectivity index (χ2n) is 6.35. The van der Waals surface area contributed by atoms with E-state index in [1.54, 1.807) is 34.2 Å². The first-order valence-electron chi connectivity index (χ1n) is 8.81. The fourth-order valence-corrected chi connectivity index (χ4v) is 2.96. The molecule has 2 heterocycles. The van der Waals surface area contributed by atoms with Crippen LogP contribution < -0.4 is 10.2 Å². The molecule has 0 unspecified atom stereocenters.